The molecule has 1 aliphatic rings. The molecule has 2 N–H and O–H groups in total. The fourth-order valence-electron chi connectivity index (χ4n) is 1.68. The lowest BCUT2D eigenvalue weighted by Crippen LogP contribution is -2.34. The fourth-order valence-corrected chi connectivity index (χ4v) is 1.85. The predicted octanol–water partition coefficient (Wildman–Crippen LogP) is 2.18. The van der Waals surface area contributed by atoms with Crippen LogP contribution in [0.5, 0.6) is 11.5 Å². The molecule has 1 aromatic rings. The van der Waals surface area contributed by atoms with E-state index in [2.05, 4.69) is 5.32 Å². The largest absolute Gasteiger partial charge is 0.504 e. The van der Waals surface area contributed by atoms with Crippen molar-refractivity contribution in [3.8, 4) is 11.5 Å². The van der Waals surface area contributed by atoms with Crippen molar-refractivity contribution in [2.24, 2.45) is 0 Å². The minimum absolute atomic E-state index is 0.112. The second-order valence-corrected chi connectivity index (χ2v) is 4.12. The van der Waals surface area contributed by atoms with Crippen molar-refractivity contribution in [2.45, 2.75) is 18.9 Å². The van der Waals surface area contributed by atoms with Crippen molar-refractivity contribution in [1.82, 2.24) is 5.32 Å². The van der Waals surface area contributed by atoms with Crippen LogP contribution in [0.25, 0.3) is 0 Å². The van der Waals surface area contributed by atoms with Crippen LogP contribution in [0.4, 0.5) is 0 Å². The summed E-state index contributed by atoms with van der Waals surface area (Å²) in [4.78, 5) is 0. The van der Waals surface area contributed by atoms with Gasteiger partial charge in [-0.3, -0.25) is 0 Å². The molecule has 15 heavy (non-hydrogen) atoms. The molecule has 0 radical (unpaired) electrons. The van der Waals surface area contributed by atoms with Crippen molar-refractivity contribution in [1.29, 1.82) is 0 Å². The summed E-state index contributed by atoms with van der Waals surface area (Å²) in [5, 5.41) is 13.4. The van der Waals surface area contributed by atoms with E-state index >= 15 is 0 Å². The van der Waals surface area contributed by atoms with Gasteiger partial charge in [0.1, 0.15) is 6.10 Å². The van der Waals surface area contributed by atoms with Gasteiger partial charge in [0.05, 0.1) is 0 Å². The summed E-state index contributed by atoms with van der Waals surface area (Å²) in [6, 6.07) is 4.93. The lowest BCUT2D eigenvalue weighted by Gasteiger charge is -2.24. The van der Waals surface area contributed by atoms with E-state index in [1.807, 2.05) is 0 Å². The first-order valence-electron chi connectivity index (χ1n) is 5.11. The average Bonchev–Trinajstić information content (AvgIpc) is 2.24. The maximum atomic E-state index is 9.60. The molecule has 0 spiro atoms. The molecule has 1 aliphatic heterocycles. The number of halogens is 1. The Labute approximate surface area is 94.0 Å². The first-order chi connectivity index (χ1) is 7.25. The maximum Gasteiger partial charge on any atom is 0.161 e. The molecule has 0 aliphatic carbocycles. The fraction of sp³-hybridized carbons (Fsp3) is 0.455. The number of phenolic OH excluding ortho intramolecular Hbond substituents is 1. The second kappa shape index (κ2) is 4.73. The van der Waals surface area contributed by atoms with Crippen LogP contribution >= 0.6 is 11.6 Å². The quantitative estimate of drug-likeness (QED) is 0.814. The van der Waals surface area contributed by atoms with E-state index in [4.69, 9.17) is 16.3 Å². The van der Waals surface area contributed by atoms with Gasteiger partial charge in [-0.1, -0.05) is 11.6 Å². The van der Waals surface area contributed by atoms with Crippen LogP contribution in [0.3, 0.4) is 0 Å². The maximum absolute atomic E-state index is 9.60. The summed E-state index contributed by atoms with van der Waals surface area (Å²) in [7, 11) is 0. The topological polar surface area (TPSA) is 41.5 Å². The molecule has 0 saturated carbocycles. The Bertz CT molecular complexity index is 337. The summed E-state index contributed by atoms with van der Waals surface area (Å²) >= 11 is 5.73. The molecule has 0 unspecified atom stereocenters. The minimum Gasteiger partial charge on any atom is -0.504 e. The highest BCUT2D eigenvalue weighted by molar-refractivity contribution is 6.30. The lowest BCUT2D eigenvalue weighted by atomic mass is 10.1. The highest BCUT2D eigenvalue weighted by atomic mass is 35.5. The Morgan fingerprint density at radius 3 is 2.73 bits per heavy atom. The molecule has 3 nitrogen and oxygen atoms in total. The van der Waals surface area contributed by atoms with Gasteiger partial charge in [0.2, 0.25) is 0 Å². The van der Waals surface area contributed by atoms with Gasteiger partial charge in [-0.25, -0.2) is 0 Å². The summed E-state index contributed by atoms with van der Waals surface area (Å²) in [5.74, 6) is 0.632. The van der Waals surface area contributed by atoms with E-state index in [0.717, 1.165) is 25.9 Å². The smallest absolute Gasteiger partial charge is 0.161 e. The molecule has 1 saturated heterocycles. The predicted molar refractivity (Wildman–Crippen MR) is 59.6 cm³/mol. The Morgan fingerprint density at radius 1 is 1.33 bits per heavy atom. The van der Waals surface area contributed by atoms with Crippen LogP contribution in [0.1, 0.15) is 12.8 Å². The van der Waals surface area contributed by atoms with Gasteiger partial charge in [0.15, 0.2) is 11.5 Å². The van der Waals surface area contributed by atoms with Gasteiger partial charge in [-0.05, 0) is 38.1 Å². The van der Waals surface area contributed by atoms with Gasteiger partial charge in [0, 0.05) is 11.1 Å². The van der Waals surface area contributed by atoms with Gasteiger partial charge in [0.25, 0.3) is 0 Å². The number of aromatic hydroxyl groups is 1. The first-order valence-corrected chi connectivity index (χ1v) is 5.49. The number of hydrogen-bond donors (Lipinski definition) is 2. The molecule has 82 valence electrons. The van der Waals surface area contributed by atoms with Crippen molar-refractivity contribution >= 4 is 11.6 Å². The Kier molecular flexibility index (Phi) is 3.34. The van der Waals surface area contributed by atoms with Crippen molar-refractivity contribution in [3.63, 3.8) is 0 Å². The number of phenols is 1. The lowest BCUT2D eigenvalue weighted by molar-refractivity contribution is 0.157. The second-order valence-electron chi connectivity index (χ2n) is 3.68. The molecule has 1 aromatic carbocycles. The molecular weight excluding hydrogens is 214 g/mol. The number of hydrogen-bond acceptors (Lipinski definition) is 3. The van der Waals surface area contributed by atoms with Gasteiger partial charge in [-0.15, -0.1) is 0 Å². The molecule has 0 bridgehead atoms. The third-order valence-electron chi connectivity index (χ3n) is 2.50. The molecule has 1 heterocycles. The third kappa shape index (κ3) is 2.76. The van der Waals surface area contributed by atoms with Gasteiger partial charge in [-0.2, -0.15) is 0 Å². The highest BCUT2D eigenvalue weighted by Crippen LogP contribution is 2.30. The van der Waals surface area contributed by atoms with E-state index in [0.29, 0.717) is 10.8 Å². The minimum atomic E-state index is 0.112. The normalized spacial score (nSPS) is 17.7. The molecule has 0 atom stereocenters. The van der Waals surface area contributed by atoms with E-state index in [-0.39, 0.29) is 11.9 Å². The van der Waals surface area contributed by atoms with E-state index < -0.39 is 0 Å². The zero-order valence-corrected chi connectivity index (χ0v) is 9.13. The molecular formula is C11H14ClNO2. The van der Waals surface area contributed by atoms with E-state index in [1.165, 1.54) is 6.07 Å². The molecule has 2 rings (SSSR count). The summed E-state index contributed by atoms with van der Waals surface area (Å²) in [5.41, 5.74) is 0. The zero-order chi connectivity index (χ0) is 10.7. The van der Waals surface area contributed by atoms with Gasteiger partial charge >= 0.3 is 0 Å². The monoisotopic (exact) mass is 227 g/mol. The Hall–Kier alpha value is -0.930. The van der Waals surface area contributed by atoms with Gasteiger partial charge < -0.3 is 15.2 Å². The van der Waals surface area contributed by atoms with E-state index in [9.17, 15) is 5.11 Å². The summed E-state index contributed by atoms with van der Waals surface area (Å²) in [6.45, 7) is 1.94. The molecule has 0 aromatic heterocycles. The van der Waals surface area contributed by atoms with Crippen LogP contribution in [0, 0.1) is 0 Å². The van der Waals surface area contributed by atoms with Crippen molar-refractivity contribution < 1.29 is 9.84 Å². The number of benzene rings is 1. The molecule has 4 heteroatoms. The SMILES string of the molecule is Oc1cc(Cl)ccc1OC1CCNCC1. The number of ether oxygens (including phenoxy) is 1. The standard InChI is InChI=1S/C11H14ClNO2/c12-8-1-2-11(10(14)7-8)15-9-3-5-13-6-4-9/h1-2,7,9,13-14H,3-6H2. The van der Waals surface area contributed by atoms with E-state index in [1.54, 1.807) is 12.1 Å². The molecule has 0 amide bonds. The summed E-state index contributed by atoms with van der Waals surface area (Å²) < 4.78 is 5.69. The number of rotatable bonds is 2. The zero-order valence-electron chi connectivity index (χ0n) is 8.37. The highest BCUT2D eigenvalue weighted by Gasteiger charge is 2.15. The average molecular weight is 228 g/mol. The first kappa shape index (κ1) is 10.6. The van der Waals surface area contributed by atoms with Crippen LogP contribution in [-0.4, -0.2) is 24.3 Å². The van der Waals surface area contributed by atoms with Crippen LogP contribution in [-0.2, 0) is 0 Å². The Balaban J connectivity index is 2.03. The van der Waals surface area contributed by atoms with Crippen molar-refractivity contribution in [2.75, 3.05) is 13.1 Å². The number of nitrogens with one attached hydrogen (secondary N) is 1. The third-order valence-corrected chi connectivity index (χ3v) is 2.74. The Morgan fingerprint density at radius 2 is 2.07 bits per heavy atom. The van der Waals surface area contributed by atoms with Crippen LogP contribution in [0.15, 0.2) is 18.2 Å². The van der Waals surface area contributed by atoms with Crippen LogP contribution < -0.4 is 10.1 Å². The van der Waals surface area contributed by atoms with Crippen LogP contribution in [0.2, 0.25) is 5.02 Å². The van der Waals surface area contributed by atoms with Crippen molar-refractivity contribution in [3.05, 3.63) is 23.2 Å². The number of piperidine rings is 1. The summed E-state index contributed by atoms with van der Waals surface area (Å²) in [6.07, 6.45) is 2.14. The molecule has 1 fully saturated rings.